The fourth-order valence-corrected chi connectivity index (χ4v) is 9.59. The lowest BCUT2D eigenvalue weighted by Crippen LogP contribution is -2.66. The molecule has 0 spiro atoms. The van der Waals surface area contributed by atoms with Gasteiger partial charge >= 0.3 is 11.9 Å². The standard InChI is InChI=1S/C38H60O9/c1-25-21-30-36(44,33(25)43)23-28(24-40)22-29-32-35(4,5)38(32,47-27(3)41)34(26(2)37(29,30)45)46-31(42)19-17-15-13-11-9-7-6-8-10-12-14-16-18-20-39/h21-22,26,29-30,32,34,39-40,44-45H,6-20,23-24H2,1-5H3/t26-,29+,30-,32+,34-,36-,37-,38-/m1/s1. The highest BCUT2D eigenvalue weighted by molar-refractivity contribution is 6.04. The summed E-state index contributed by atoms with van der Waals surface area (Å²) in [6.45, 7) is 8.47. The number of unbranched alkanes of at least 4 members (excludes halogenated alkanes) is 12. The second-order valence-electron chi connectivity index (χ2n) is 15.5. The number of ether oxygens (including phenoxy) is 2. The van der Waals surface area contributed by atoms with Gasteiger partial charge in [0.05, 0.1) is 12.2 Å². The van der Waals surface area contributed by atoms with E-state index in [2.05, 4.69) is 0 Å². The molecule has 0 bridgehead atoms. The molecule has 0 heterocycles. The van der Waals surface area contributed by atoms with Crippen molar-refractivity contribution in [3.63, 3.8) is 0 Å². The molecule has 8 atom stereocenters. The summed E-state index contributed by atoms with van der Waals surface area (Å²) >= 11 is 0. The fourth-order valence-electron chi connectivity index (χ4n) is 9.59. The molecule has 0 unspecified atom stereocenters. The molecule has 2 fully saturated rings. The maximum Gasteiger partial charge on any atom is 0.306 e. The van der Waals surface area contributed by atoms with E-state index in [1.807, 2.05) is 13.8 Å². The molecular weight excluding hydrogens is 600 g/mol. The van der Waals surface area contributed by atoms with Crippen molar-refractivity contribution in [2.75, 3.05) is 13.2 Å². The Morgan fingerprint density at radius 2 is 1.40 bits per heavy atom. The number of hydrogen-bond acceptors (Lipinski definition) is 9. The third-order valence-corrected chi connectivity index (χ3v) is 12.1. The maximum atomic E-state index is 13.4. The average molecular weight is 661 g/mol. The van der Waals surface area contributed by atoms with E-state index in [0.29, 0.717) is 24.2 Å². The smallest absolute Gasteiger partial charge is 0.306 e. The molecule has 9 heteroatoms. The number of aliphatic hydroxyl groups is 4. The fraction of sp³-hybridized carbons (Fsp3) is 0.816. The van der Waals surface area contributed by atoms with E-state index in [-0.39, 0.29) is 19.4 Å². The van der Waals surface area contributed by atoms with Crippen molar-refractivity contribution < 1.29 is 44.3 Å². The number of carbonyl (C=O) groups is 3. The summed E-state index contributed by atoms with van der Waals surface area (Å²) in [7, 11) is 0. The van der Waals surface area contributed by atoms with E-state index in [4.69, 9.17) is 14.6 Å². The van der Waals surface area contributed by atoms with Crippen molar-refractivity contribution in [3.8, 4) is 0 Å². The highest BCUT2D eigenvalue weighted by atomic mass is 16.6. The molecule has 0 radical (unpaired) electrons. The predicted octanol–water partition coefficient (Wildman–Crippen LogP) is 5.51. The van der Waals surface area contributed by atoms with Gasteiger partial charge in [0.2, 0.25) is 0 Å². The molecule has 0 saturated heterocycles. The molecule has 0 aromatic heterocycles. The van der Waals surface area contributed by atoms with Gasteiger partial charge in [0, 0.05) is 55.5 Å². The first-order valence-electron chi connectivity index (χ1n) is 18.2. The first-order chi connectivity index (χ1) is 22.2. The Bertz CT molecular complexity index is 1210. The first kappa shape index (κ1) is 37.7. The molecule has 0 aromatic carbocycles. The number of ketones is 1. The summed E-state index contributed by atoms with van der Waals surface area (Å²) in [5.74, 6) is -4.36. The number of fused-ring (bicyclic) bond motifs is 5. The lowest BCUT2D eigenvalue weighted by molar-refractivity contribution is -0.228. The van der Waals surface area contributed by atoms with Crippen LogP contribution in [-0.2, 0) is 23.9 Å². The molecule has 4 N–H and O–H groups in total. The maximum absolute atomic E-state index is 13.4. The monoisotopic (exact) mass is 660 g/mol. The quantitative estimate of drug-likeness (QED) is 0.0848. The number of aliphatic hydroxyl groups excluding tert-OH is 2. The van der Waals surface area contributed by atoms with E-state index in [1.165, 1.54) is 51.9 Å². The van der Waals surface area contributed by atoms with Crippen LogP contribution in [-0.4, -0.2) is 74.3 Å². The minimum absolute atomic E-state index is 0.114. The van der Waals surface area contributed by atoms with Crippen molar-refractivity contribution in [2.24, 2.45) is 29.1 Å². The molecule has 266 valence electrons. The molecule has 47 heavy (non-hydrogen) atoms. The van der Waals surface area contributed by atoms with Gasteiger partial charge in [-0.15, -0.1) is 0 Å². The molecule has 4 aliphatic rings. The Labute approximate surface area is 281 Å². The van der Waals surface area contributed by atoms with Crippen LogP contribution < -0.4 is 0 Å². The second kappa shape index (κ2) is 15.2. The molecule has 2 saturated carbocycles. The topological polar surface area (TPSA) is 151 Å². The van der Waals surface area contributed by atoms with Gasteiger partial charge in [-0.05, 0) is 30.9 Å². The summed E-state index contributed by atoms with van der Waals surface area (Å²) < 4.78 is 12.3. The van der Waals surface area contributed by atoms with Gasteiger partial charge < -0.3 is 29.9 Å². The zero-order valence-electron chi connectivity index (χ0n) is 29.4. The predicted molar refractivity (Wildman–Crippen MR) is 178 cm³/mol. The van der Waals surface area contributed by atoms with Crippen LogP contribution in [0.15, 0.2) is 23.3 Å². The van der Waals surface area contributed by atoms with Crippen molar-refractivity contribution in [1.82, 2.24) is 0 Å². The minimum atomic E-state index is -1.94. The third kappa shape index (κ3) is 7.01. The number of esters is 2. The van der Waals surface area contributed by atoms with Crippen molar-refractivity contribution in [2.45, 2.75) is 154 Å². The zero-order chi connectivity index (χ0) is 34.6. The Hall–Kier alpha value is -2.07. The SMILES string of the molecule is CC(=O)O[C@@]12[C@H](OC(=O)CCCCCCCCCCCCCCCO)[C@@H](C)[C@@]3(O)[C@@H](C=C(CO)C[C@]4(O)C(=O)C(C)=C[C@@H]34)[C@H]1C2(C)C. The van der Waals surface area contributed by atoms with Crippen LogP contribution >= 0.6 is 0 Å². The Morgan fingerprint density at radius 1 is 0.872 bits per heavy atom. The minimum Gasteiger partial charge on any atom is -0.458 e. The van der Waals surface area contributed by atoms with Gasteiger partial charge in [-0.3, -0.25) is 14.4 Å². The van der Waals surface area contributed by atoms with Crippen molar-refractivity contribution >= 4 is 17.7 Å². The lowest BCUT2D eigenvalue weighted by atomic mass is 9.59. The van der Waals surface area contributed by atoms with Gasteiger partial charge in [0.15, 0.2) is 11.4 Å². The average Bonchev–Trinajstić information content (AvgIpc) is 3.44. The number of Topliss-reactive ketones (excluding diaryl/α,β-unsaturated/α-hetero) is 1. The van der Waals surface area contributed by atoms with E-state index in [0.717, 1.165) is 32.1 Å². The van der Waals surface area contributed by atoms with Crippen LogP contribution in [0.25, 0.3) is 0 Å². The molecule has 9 nitrogen and oxygen atoms in total. The van der Waals surface area contributed by atoms with Crippen LogP contribution in [0.1, 0.15) is 131 Å². The summed E-state index contributed by atoms with van der Waals surface area (Å²) in [4.78, 5) is 39.2. The molecule has 4 aliphatic carbocycles. The van der Waals surface area contributed by atoms with Gasteiger partial charge in [0.25, 0.3) is 0 Å². The molecular formula is C38H60O9. The normalized spacial score (nSPS) is 35.2. The summed E-state index contributed by atoms with van der Waals surface area (Å²) in [5, 5.41) is 43.7. The Kier molecular flexibility index (Phi) is 12.2. The highest BCUT2D eigenvalue weighted by Crippen LogP contribution is 2.77. The molecule has 0 aromatic rings. The van der Waals surface area contributed by atoms with Gasteiger partial charge in [-0.25, -0.2) is 0 Å². The Balaban J connectivity index is 1.39. The third-order valence-electron chi connectivity index (χ3n) is 12.1. The van der Waals surface area contributed by atoms with Crippen molar-refractivity contribution in [3.05, 3.63) is 23.3 Å². The van der Waals surface area contributed by atoms with Gasteiger partial charge in [-0.1, -0.05) is 104 Å². The van der Waals surface area contributed by atoms with E-state index in [9.17, 15) is 29.7 Å². The Morgan fingerprint density at radius 3 is 1.91 bits per heavy atom. The number of rotatable bonds is 18. The summed E-state index contributed by atoms with van der Waals surface area (Å²) in [6.07, 6.45) is 16.9. The lowest BCUT2D eigenvalue weighted by Gasteiger charge is -2.53. The first-order valence-corrected chi connectivity index (χ1v) is 18.2. The van der Waals surface area contributed by atoms with Crippen LogP contribution in [0.2, 0.25) is 0 Å². The van der Waals surface area contributed by atoms with Crippen LogP contribution in [0, 0.1) is 29.1 Å². The highest BCUT2D eigenvalue weighted by Gasteiger charge is 2.87. The van der Waals surface area contributed by atoms with Gasteiger partial charge in [0.1, 0.15) is 11.7 Å². The second-order valence-corrected chi connectivity index (χ2v) is 15.5. The van der Waals surface area contributed by atoms with Gasteiger partial charge in [-0.2, -0.15) is 0 Å². The number of carbonyl (C=O) groups excluding carboxylic acids is 3. The van der Waals surface area contributed by atoms with Crippen LogP contribution in [0.4, 0.5) is 0 Å². The molecule has 4 rings (SSSR count). The van der Waals surface area contributed by atoms with E-state index < -0.39 is 69.7 Å². The van der Waals surface area contributed by atoms with E-state index >= 15 is 0 Å². The van der Waals surface area contributed by atoms with Crippen LogP contribution in [0.3, 0.4) is 0 Å². The largest absolute Gasteiger partial charge is 0.458 e. The zero-order valence-corrected chi connectivity index (χ0v) is 29.4. The molecule has 0 amide bonds. The van der Waals surface area contributed by atoms with E-state index in [1.54, 1.807) is 26.0 Å². The number of hydrogen-bond donors (Lipinski definition) is 4. The molecule has 0 aliphatic heterocycles. The van der Waals surface area contributed by atoms with Crippen molar-refractivity contribution in [1.29, 1.82) is 0 Å². The summed E-state index contributed by atoms with van der Waals surface area (Å²) in [5.41, 5.74) is -4.76. The van der Waals surface area contributed by atoms with Crippen LogP contribution in [0.5, 0.6) is 0 Å². The summed E-state index contributed by atoms with van der Waals surface area (Å²) in [6, 6.07) is 0.